The average molecular weight is 703 g/mol. The number of halogens is 1. The van der Waals surface area contributed by atoms with Crippen LogP contribution in [0.15, 0.2) is 34.8 Å². The van der Waals surface area contributed by atoms with E-state index in [0.717, 1.165) is 19.3 Å². The van der Waals surface area contributed by atoms with Gasteiger partial charge >= 0.3 is 12.1 Å². The Morgan fingerprint density at radius 1 is 1.20 bits per heavy atom. The Kier molecular flexibility index (Phi) is 9.70. The molecule has 14 nitrogen and oxygen atoms in total. The van der Waals surface area contributed by atoms with Crippen molar-refractivity contribution in [2.24, 2.45) is 5.92 Å². The van der Waals surface area contributed by atoms with E-state index in [0.29, 0.717) is 34.5 Å². The first-order valence-corrected chi connectivity index (χ1v) is 16.3. The molecule has 0 radical (unpaired) electrons. The predicted molar refractivity (Wildman–Crippen MR) is 169 cm³/mol. The Morgan fingerprint density at radius 3 is 2.67 bits per heavy atom. The van der Waals surface area contributed by atoms with Gasteiger partial charge in [0.25, 0.3) is 0 Å². The molecule has 0 bridgehead atoms. The summed E-state index contributed by atoms with van der Waals surface area (Å²) in [6.45, 7) is 5.25. The first kappa shape index (κ1) is 33.4. The van der Waals surface area contributed by atoms with Crippen molar-refractivity contribution in [2.45, 2.75) is 95.0 Å². The smallest absolute Gasteiger partial charge is 0.408 e. The lowest BCUT2D eigenvalue weighted by atomic mass is 10.0. The van der Waals surface area contributed by atoms with Crippen molar-refractivity contribution in [3.05, 3.63) is 34.8 Å². The highest BCUT2D eigenvalue weighted by Crippen LogP contribution is 2.45. The molecule has 2 aliphatic heterocycles. The summed E-state index contributed by atoms with van der Waals surface area (Å²) >= 11 is 3.46. The number of nitrogens with one attached hydrogen (secondary N) is 2. The molecule has 1 aliphatic carbocycles. The van der Waals surface area contributed by atoms with Gasteiger partial charge in [-0.15, -0.1) is 10.2 Å². The van der Waals surface area contributed by atoms with E-state index < -0.39 is 53.1 Å². The minimum Gasteiger partial charge on any atom is -0.496 e. The van der Waals surface area contributed by atoms with Gasteiger partial charge in [0.1, 0.15) is 29.0 Å². The van der Waals surface area contributed by atoms with Crippen LogP contribution in [-0.2, 0) is 19.1 Å². The Bertz CT molecular complexity index is 1520. The fraction of sp³-hybridized carbons (Fsp3) is 0.581. The quantitative estimate of drug-likeness (QED) is 0.390. The molecule has 5 rings (SSSR count). The van der Waals surface area contributed by atoms with Crippen molar-refractivity contribution in [1.82, 2.24) is 35.7 Å². The number of methoxy groups -OCH3 is 1. The van der Waals surface area contributed by atoms with Gasteiger partial charge in [-0.25, -0.2) is 9.59 Å². The molecular formula is C31H40BrN7O7. The zero-order chi connectivity index (χ0) is 33.2. The molecule has 1 saturated heterocycles. The van der Waals surface area contributed by atoms with Crippen LogP contribution in [0.25, 0.3) is 11.4 Å². The van der Waals surface area contributed by atoms with Crippen LogP contribution in [0.3, 0.4) is 0 Å². The van der Waals surface area contributed by atoms with Gasteiger partial charge in [-0.3, -0.25) is 9.59 Å². The van der Waals surface area contributed by atoms with E-state index in [-0.39, 0.29) is 25.3 Å². The number of carbonyl (C=O) groups is 4. The Balaban J connectivity index is 1.44. The average Bonchev–Trinajstić information content (AvgIpc) is 3.31. The fourth-order valence-corrected chi connectivity index (χ4v) is 6.54. The maximum Gasteiger partial charge on any atom is 0.408 e. The fourth-order valence-electron chi connectivity index (χ4n) is 6.00. The highest BCUT2D eigenvalue weighted by molar-refractivity contribution is 9.10. The molecule has 1 saturated carbocycles. The minimum atomic E-state index is -1.44. The van der Waals surface area contributed by atoms with Crippen LogP contribution < -0.4 is 15.4 Å². The third kappa shape index (κ3) is 7.34. The summed E-state index contributed by atoms with van der Waals surface area (Å²) in [5, 5.41) is 28.6. The van der Waals surface area contributed by atoms with Gasteiger partial charge in [-0.1, -0.05) is 25.0 Å². The van der Waals surface area contributed by atoms with Crippen LogP contribution in [-0.4, -0.2) is 91.0 Å². The van der Waals surface area contributed by atoms with E-state index in [1.165, 1.54) is 9.70 Å². The molecule has 2 fully saturated rings. The number of benzene rings is 1. The number of carboxylic acid groups (broad SMARTS) is 1. The Morgan fingerprint density at radius 2 is 1.98 bits per heavy atom. The molecule has 0 spiro atoms. The summed E-state index contributed by atoms with van der Waals surface area (Å²) in [5.41, 5.74) is -1.53. The number of hydrogen-bond donors (Lipinski definition) is 3. The molecule has 3 N–H and O–H groups in total. The number of tetrazole rings is 1. The molecule has 1 aromatic heterocycles. The standard InChI is InChI=1S/C31H40BrN7O7/c1-30(2,3)46-29(44)33-22-11-9-7-5-6-8-10-19-16-31(19,28(42)43)34-26(40)23-15-20(17-38(23)27(22)41)39-36-25(35-37-39)18-12-13-24(45-4)21(32)14-18/h8,10,12-14,19-20,22-23H,5-7,9,11,15-17H2,1-4H3,(H,33,44)(H,34,40)(H,42,43)/b10-8-/t19-,20?,22-,23+,31+/m1/s1. The summed E-state index contributed by atoms with van der Waals surface area (Å²) < 4.78 is 11.5. The molecule has 5 atom stereocenters. The summed E-state index contributed by atoms with van der Waals surface area (Å²) in [7, 11) is 1.56. The number of nitrogens with zero attached hydrogens (tertiary/aromatic N) is 5. The lowest BCUT2D eigenvalue weighted by Gasteiger charge is -2.30. The van der Waals surface area contributed by atoms with Gasteiger partial charge in [0.2, 0.25) is 17.6 Å². The monoisotopic (exact) mass is 701 g/mol. The summed E-state index contributed by atoms with van der Waals surface area (Å²) in [4.78, 5) is 56.0. The number of fused-ring (bicyclic) bond motifs is 2. The van der Waals surface area contributed by atoms with E-state index in [1.807, 2.05) is 12.2 Å². The first-order chi connectivity index (χ1) is 21.8. The van der Waals surface area contributed by atoms with Crippen LogP contribution in [0, 0.1) is 5.92 Å². The van der Waals surface area contributed by atoms with Gasteiger partial charge in [0.05, 0.1) is 17.6 Å². The van der Waals surface area contributed by atoms with Crippen LogP contribution in [0.1, 0.15) is 71.8 Å². The minimum absolute atomic E-state index is 0.0505. The number of amides is 3. The van der Waals surface area contributed by atoms with E-state index in [4.69, 9.17) is 9.47 Å². The van der Waals surface area contributed by atoms with Crippen molar-refractivity contribution >= 4 is 39.8 Å². The number of aromatic nitrogens is 4. The van der Waals surface area contributed by atoms with Gasteiger partial charge in [-0.05, 0) is 85.8 Å². The van der Waals surface area contributed by atoms with Crippen LogP contribution in [0.5, 0.6) is 5.75 Å². The molecule has 15 heteroatoms. The summed E-state index contributed by atoms with van der Waals surface area (Å²) in [6, 6.07) is 2.83. The second-order valence-electron chi connectivity index (χ2n) is 13.0. The highest BCUT2D eigenvalue weighted by Gasteiger charge is 2.61. The van der Waals surface area contributed by atoms with E-state index in [9.17, 15) is 24.3 Å². The zero-order valence-electron chi connectivity index (χ0n) is 26.4. The van der Waals surface area contributed by atoms with E-state index in [1.54, 1.807) is 46.1 Å². The molecule has 248 valence electrons. The van der Waals surface area contributed by atoms with Crippen LogP contribution >= 0.6 is 15.9 Å². The number of alkyl carbamates (subject to hydrolysis) is 1. The number of carboxylic acids is 1. The maximum atomic E-state index is 14.2. The second kappa shape index (κ2) is 13.4. The predicted octanol–water partition coefficient (Wildman–Crippen LogP) is 3.63. The lowest BCUT2D eigenvalue weighted by molar-refractivity contribution is -0.145. The highest BCUT2D eigenvalue weighted by atomic mass is 79.9. The van der Waals surface area contributed by atoms with Crippen molar-refractivity contribution in [3.63, 3.8) is 0 Å². The topological polar surface area (TPSA) is 178 Å². The third-order valence-corrected chi connectivity index (χ3v) is 9.11. The molecule has 3 amide bonds. The second-order valence-corrected chi connectivity index (χ2v) is 13.9. The number of aliphatic carboxylic acids is 1. The number of ether oxygens (including phenoxy) is 2. The number of hydrogen-bond acceptors (Lipinski definition) is 9. The van der Waals surface area contributed by atoms with Gasteiger partial charge in [-0.2, -0.15) is 4.80 Å². The van der Waals surface area contributed by atoms with Crippen molar-refractivity contribution < 1.29 is 33.8 Å². The van der Waals surface area contributed by atoms with Gasteiger partial charge in [0.15, 0.2) is 0 Å². The maximum absolute atomic E-state index is 14.2. The Labute approximate surface area is 275 Å². The van der Waals surface area contributed by atoms with E-state index >= 15 is 0 Å². The van der Waals surface area contributed by atoms with Crippen molar-refractivity contribution in [1.29, 1.82) is 0 Å². The molecule has 3 heterocycles. The lowest BCUT2D eigenvalue weighted by Crippen LogP contribution is -2.56. The zero-order valence-corrected chi connectivity index (χ0v) is 27.9. The molecule has 2 aromatic rings. The third-order valence-electron chi connectivity index (χ3n) is 8.49. The first-order valence-electron chi connectivity index (χ1n) is 15.5. The normalized spacial score (nSPS) is 27.7. The number of carbonyl (C=O) groups excluding carboxylic acids is 3. The summed E-state index contributed by atoms with van der Waals surface area (Å²) in [5.74, 6) is -1.53. The molecule has 1 aromatic carbocycles. The molecule has 3 aliphatic rings. The molecule has 46 heavy (non-hydrogen) atoms. The number of allylic oxidation sites excluding steroid dienone is 1. The Hall–Kier alpha value is -4.01. The number of rotatable bonds is 5. The van der Waals surface area contributed by atoms with Crippen molar-refractivity contribution in [3.8, 4) is 17.1 Å². The van der Waals surface area contributed by atoms with Gasteiger partial charge in [0, 0.05) is 24.4 Å². The van der Waals surface area contributed by atoms with Gasteiger partial charge < -0.3 is 30.1 Å². The molecule has 1 unspecified atom stereocenters. The van der Waals surface area contributed by atoms with Crippen LogP contribution in [0.4, 0.5) is 4.79 Å². The largest absolute Gasteiger partial charge is 0.496 e. The van der Waals surface area contributed by atoms with E-state index in [2.05, 4.69) is 42.0 Å². The summed E-state index contributed by atoms with van der Waals surface area (Å²) in [6.07, 6.45) is 6.85. The van der Waals surface area contributed by atoms with Crippen LogP contribution in [0.2, 0.25) is 0 Å². The van der Waals surface area contributed by atoms with Crippen molar-refractivity contribution in [2.75, 3.05) is 13.7 Å². The SMILES string of the molecule is COc1ccc(-c2nnn(C3C[C@H]4C(=O)N[C@@]5(C(=O)O)C[C@H]5/C=C\CCCCC[C@@H](NC(=O)OC(C)(C)C)C(=O)N4C3)n2)cc1Br. The molecular weight excluding hydrogens is 662 g/mol.